The van der Waals surface area contributed by atoms with Gasteiger partial charge in [-0.2, -0.15) is 20.2 Å². The Hall–Kier alpha value is -2.36. The maximum absolute atomic E-state index is 7.51. The molecule has 6 N–H and O–H groups in total. The number of nitrogens with zero attached hydrogens (tertiary/aromatic N) is 4. The third kappa shape index (κ3) is 4.97. The van der Waals surface area contributed by atoms with Crippen LogP contribution >= 0.6 is 0 Å². The standard InChI is InChI=1S/C3H6N6.C3H3N/c4-1-7-2(5)9-3(6)8-1;1-2-3-4/h(H6,4,5,6,7,8,9);2H,1H2. The average molecular weight is 179 g/mol. The zero-order valence-corrected chi connectivity index (χ0v) is 6.81. The van der Waals surface area contributed by atoms with E-state index in [0.29, 0.717) is 0 Å². The average Bonchev–Trinajstić information content (AvgIpc) is 2.02. The zero-order valence-electron chi connectivity index (χ0n) is 6.81. The number of aromatic nitrogens is 3. The molecule has 0 atom stereocenters. The van der Waals surface area contributed by atoms with E-state index in [2.05, 4.69) is 21.5 Å². The highest BCUT2D eigenvalue weighted by atomic mass is 15.2. The fourth-order valence-corrected chi connectivity index (χ4v) is 0.427. The highest BCUT2D eigenvalue weighted by Gasteiger charge is 1.93. The second-order valence-corrected chi connectivity index (χ2v) is 1.74. The SMILES string of the molecule is C=CC#N.Nc1nc(N)nc(N)n1. The molecule has 0 fully saturated rings. The molecular formula is C6H9N7. The number of allylic oxidation sites excluding steroid dienone is 1. The van der Waals surface area contributed by atoms with Crippen molar-refractivity contribution in [3.05, 3.63) is 12.7 Å². The first-order valence-corrected chi connectivity index (χ1v) is 3.13. The van der Waals surface area contributed by atoms with Crippen LogP contribution in [0.4, 0.5) is 17.8 Å². The molecule has 0 radical (unpaired) electrons. The van der Waals surface area contributed by atoms with Gasteiger partial charge < -0.3 is 17.2 Å². The first kappa shape index (κ1) is 10.6. The van der Waals surface area contributed by atoms with Crippen molar-refractivity contribution in [1.29, 1.82) is 5.26 Å². The van der Waals surface area contributed by atoms with Crippen molar-refractivity contribution in [3.8, 4) is 6.07 Å². The smallest absolute Gasteiger partial charge is 0.226 e. The van der Waals surface area contributed by atoms with E-state index >= 15 is 0 Å². The Bertz CT molecular complexity index is 276. The predicted octanol–water partition coefficient (Wildman–Crippen LogP) is -0.686. The Morgan fingerprint density at radius 2 is 1.31 bits per heavy atom. The van der Waals surface area contributed by atoms with E-state index in [-0.39, 0.29) is 17.8 Å². The quantitative estimate of drug-likeness (QED) is 0.447. The summed E-state index contributed by atoms with van der Waals surface area (Å²) in [5.41, 5.74) is 15.4. The molecule has 0 unspecified atom stereocenters. The van der Waals surface area contributed by atoms with Gasteiger partial charge in [-0.25, -0.2) is 0 Å². The van der Waals surface area contributed by atoms with Gasteiger partial charge in [0, 0.05) is 6.08 Å². The summed E-state index contributed by atoms with van der Waals surface area (Å²) in [5, 5.41) is 7.51. The number of nitrogens with two attached hydrogens (primary N) is 3. The first-order valence-electron chi connectivity index (χ1n) is 3.13. The lowest BCUT2D eigenvalue weighted by atomic mass is 10.8. The molecule has 68 valence electrons. The summed E-state index contributed by atoms with van der Waals surface area (Å²) in [6.45, 7) is 3.12. The van der Waals surface area contributed by atoms with E-state index in [9.17, 15) is 0 Å². The van der Waals surface area contributed by atoms with Gasteiger partial charge in [0.15, 0.2) is 0 Å². The van der Waals surface area contributed by atoms with Crippen LogP contribution < -0.4 is 17.2 Å². The van der Waals surface area contributed by atoms with Crippen LogP contribution in [0, 0.1) is 11.3 Å². The molecule has 7 heteroatoms. The second kappa shape index (κ2) is 5.31. The van der Waals surface area contributed by atoms with E-state index in [1.165, 1.54) is 6.08 Å². The number of nitriles is 1. The lowest BCUT2D eigenvalue weighted by molar-refractivity contribution is 1.09. The molecule has 1 aromatic heterocycles. The Morgan fingerprint density at radius 1 is 1.08 bits per heavy atom. The molecule has 1 heterocycles. The molecule has 0 aliphatic heterocycles. The molecule has 0 aliphatic carbocycles. The van der Waals surface area contributed by atoms with Gasteiger partial charge in [-0.05, 0) is 0 Å². The van der Waals surface area contributed by atoms with Gasteiger partial charge in [0.1, 0.15) is 0 Å². The van der Waals surface area contributed by atoms with Crippen LogP contribution in [0.5, 0.6) is 0 Å². The topological polar surface area (TPSA) is 141 Å². The molecular weight excluding hydrogens is 170 g/mol. The van der Waals surface area contributed by atoms with E-state index < -0.39 is 0 Å². The minimum absolute atomic E-state index is 0.0417. The fraction of sp³-hybridized carbons (Fsp3) is 0. The summed E-state index contributed by atoms with van der Waals surface area (Å²) in [7, 11) is 0. The summed E-state index contributed by atoms with van der Waals surface area (Å²) in [6.07, 6.45) is 1.18. The highest BCUT2D eigenvalue weighted by molar-refractivity contribution is 5.33. The first-order chi connectivity index (χ1) is 6.10. The molecule has 0 saturated heterocycles. The number of rotatable bonds is 0. The molecule has 0 saturated carbocycles. The third-order valence-corrected chi connectivity index (χ3v) is 0.779. The van der Waals surface area contributed by atoms with Crippen LogP contribution in [0.2, 0.25) is 0 Å². The van der Waals surface area contributed by atoms with Crippen molar-refractivity contribution in [1.82, 2.24) is 15.0 Å². The number of nitrogen functional groups attached to an aromatic ring is 3. The molecule has 0 bridgehead atoms. The maximum Gasteiger partial charge on any atom is 0.226 e. The Morgan fingerprint density at radius 3 is 1.46 bits per heavy atom. The second-order valence-electron chi connectivity index (χ2n) is 1.74. The van der Waals surface area contributed by atoms with Crippen LogP contribution in [-0.2, 0) is 0 Å². The Labute approximate surface area is 74.9 Å². The van der Waals surface area contributed by atoms with Crippen LogP contribution in [0.1, 0.15) is 0 Å². The van der Waals surface area contributed by atoms with Crippen molar-refractivity contribution in [2.24, 2.45) is 0 Å². The molecule has 0 aromatic carbocycles. The normalized spacial score (nSPS) is 7.62. The summed E-state index contributed by atoms with van der Waals surface area (Å²) in [6, 6.07) is 1.69. The molecule has 1 rings (SSSR count). The van der Waals surface area contributed by atoms with Crippen LogP contribution in [0.3, 0.4) is 0 Å². The number of anilines is 3. The van der Waals surface area contributed by atoms with Crippen molar-refractivity contribution in [2.45, 2.75) is 0 Å². The lowest BCUT2D eigenvalue weighted by Crippen LogP contribution is -2.05. The monoisotopic (exact) mass is 179 g/mol. The largest absolute Gasteiger partial charge is 0.368 e. The van der Waals surface area contributed by atoms with E-state index in [0.717, 1.165) is 0 Å². The highest BCUT2D eigenvalue weighted by Crippen LogP contribution is 1.97. The molecule has 0 aliphatic rings. The molecule has 13 heavy (non-hydrogen) atoms. The van der Waals surface area contributed by atoms with E-state index in [1.807, 2.05) is 0 Å². The summed E-state index contributed by atoms with van der Waals surface area (Å²) in [5.74, 6) is 0.125. The Kier molecular flexibility index (Phi) is 4.35. The lowest BCUT2D eigenvalue weighted by Gasteiger charge is -1.93. The van der Waals surface area contributed by atoms with Gasteiger partial charge in [0.2, 0.25) is 17.8 Å². The van der Waals surface area contributed by atoms with Crippen LogP contribution in [0.15, 0.2) is 12.7 Å². The number of hydrogen-bond acceptors (Lipinski definition) is 7. The van der Waals surface area contributed by atoms with Gasteiger partial charge in [-0.1, -0.05) is 6.58 Å². The summed E-state index contributed by atoms with van der Waals surface area (Å²) in [4.78, 5) is 10.5. The third-order valence-electron chi connectivity index (χ3n) is 0.779. The van der Waals surface area contributed by atoms with Gasteiger partial charge >= 0.3 is 0 Å². The van der Waals surface area contributed by atoms with Crippen LogP contribution in [-0.4, -0.2) is 15.0 Å². The summed E-state index contributed by atoms with van der Waals surface area (Å²) < 4.78 is 0. The number of hydrogen-bond donors (Lipinski definition) is 3. The maximum atomic E-state index is 7.51. The van der Waals surface area contributed by atoms with Gasteiger partial charge in [-0.15, -0.1) is 0 Å². The van der Waals surface area contributed by atoms with Crippen molar-refractivity contribution >= 4 is 17.8 Å². The van der Waals surface area contributed by atoms with Gasteiger partial charge in [0.25, 0.3) is 0 Å². The van der Waals surface area contributed by atoms with Crippen molar-refractivity contribution < 1.29 is 0 Å². The summed E-state index contributed by atoms with van der Waals surface area (Å²) >= 11 is 0. The fourth-order valence-electron chi connectivity index (χ4n) is 0.427. The van der Waals surface area contributed by atoms with E-state index in [1.54, 1.807) is 6.07 Å². The minimum Gasteiger partial charge on any atom is -0.368 e. The van der Waals surface area contributed by atoms with E-state index in [4.69, 9.17) is 22.5 Å². The van der Waals surface area contributed by atoms with Gasteiger partial charge in [-0.3, -0.25) is 0 Å². The molecule has 1 aromatic rings. The molecule has 0 amide bonds. The Balaban J connectivity index is 0.000000310. The minimum atomic E-state index is 0.0417. The zero-order chi connectivity index (χ0) is 10.3. The predicted molar refractivity (Wildman–Crippen MR) is 48.9 cm³/mol. The molecule has 0 spiro atoms. The molecule has 7 nitrogen and oxygen atoms in total. The van der Waals surface area contributed by atoms with Crippen molar-refractivity contribution in [3.63, 3.8) is 0 Å². The van der Waals surface area contributed by atoms with Crippen molar-refractivity contribution in [2.75, 3.05) is 17.2 Å². The van der Waals surface area contributed by atoms with Crippen LogP contribution in [0.25, 0.3) is 0 Å². The van der Waals surface area contributed by atoms with Gasteiger partial charge in [0.05, 0.1) is 6.07 Å².